The van der Waals surface area contributed by atoms with Crippen molar-refractivity contribution >= 4 is 29.0 Å². The van der Waals surface area contributed by atoms with Gasteiger partial charge in [-0.15, -0.1) is 0 Å². The Balaban J connectivity index is 1.87. The molecule has 1 aromatic carbocycles. The summed E-state index contributed by atoms with van der Waals surface area (Å²) in [6, 6.07) is 5.27. The number of thiophene rings is 1. The zero-order valence-electron chi connectivity index (χ0n) is 12.8. The van der Waals surface area contributed by atoms with E-state index in [0.29, 0.717) is 5.56 Å². The minimum Gasteiger partial charge on any atom is -0.365 e. The van der Waals surface area contributed by atoms with Crippen molar-refractivity contribution < 1.29 is 27.3 Å². The Morgan fingerprint density at radius 3 is 2.38 bits per heavy atom. The zero-order chi connectivity index (χ0) is 18.9. The van der Waals surface area contributed by atoms with Crippen LogP contribution in [0.15, 0.2) is 45.6 Å². The number of hydrogen-bond donors (Lipinski definition) is 2. The highest BCUT2D eigenvalue weighted by atomic mass is 32.1. The summed E-state index contributed by atoms with van der Waals surface area (Å²) in [6.45, 7) is 0. The van der Waals surface area contributed by atoms with Crippen LogP contribution in [0.5, 0.6) is 0 Å². The molecule has 0 fully saturated rings. The van der Waals surface area contributed by atoms with Crippen molar-refractivity contribution in [3.8, 4) is 11.3 Å². The van der Waals surface area contributed by atoms with Crippen molar-refractivity contribution in [1.82, 2.24) is 5.16 Å². The summed E-state index contributed by atoms with van der Waals surface area (Å²) in [7, 11) is 0. The highest BCUT2D eigenvalue weighted by molar-refractivity contribution is 7.08. The molecule has 0 bridgehead atoms. The highest BCUT2D eigenvalue weighted by Gasteiger charge is 2.30. The van der Waals surface area contributed by atoms with Gasteiger partial charge in [-0.3, -0.25) is 14.9 Å². The molecule has 26 heavy (non-hydrogen) atoms. The Kier molecular flexibility index (Phi) is 4.51. The number of rotatable bonds is 4. The monoisotopic (exact) mass is 381 g/mol. The minimum absolute atomic E-state index is 0.0538. The molecule has 0 spiro atoms. The number of alkyl halides is 3. The summed E-state index contributed by atoms with van der Waals surface area (Å²) in [6.07, 6.45) is -4.51. The summed E-state index contributed by atoms with van der Waals surface area (Å²) in [5.74, 6) is -1.91. The second-order valence-electron chi connectivity index (χ2n) is 5.14. The van der Waals surface area contributed by atoms with Gasteiger partial charge in [-0.2, -0.15) is 24.5 Å². The number of halogens is 3. The molecule has 10 heteroatoms. The molecule has 134 valence electrons. The van der Waals surface area contributed by atoms with Gasteiger partial charge in [0, 0.05) is 16.5 Å². The molecule has 0 saturated heterocycles. The number of anilines is 1. The molecule has 3 N–H and O–H groups in total. The first-order valence-corrected chi connectivity index (χ1v) is 8.02. The van der Waals surface area contributed by atoms with Gasteiger partial charge in [0.2, 0.25) is 5.88 Å². The number of nitrogens with one attached hydrogen (secondary N) is 1. The van der Waals surface area contributed by atoms with Gasteiger partial charge in [0.15, 0.2) is 0 Å². The predicted octanol–water partition coefficient (Wildman–Crippen LogP) is 3.77. The lowest BCUT2D eigenvalue weighted by Gasteiger charge is -2.07. The Labute approximate surface area is 148 Å². The van der Waals surface area contributed by atoms with Crippen LogP contribution in [-0.4, -0.2) is 17.0 Å². The van der Waals surface area contributed by atoms with Crippen molar-refractivity contribution in [2.75, 3.05) is 5.32 Å². The van der Waals surface area contributed by atoms with Gasteiger partial charge in [-0.1, -0.05) is 5.16 Å². The fourth-order valence-corrected chi connectivity index (χ4v) is 2.83. The number of carbonyl (C=O) groups is 2. The van der Waals surface area contributed by atoms with Crippen molar-refractivity contribution in [3.05, 3.63) is 57.8 Å². The lowest BCUT2D eigenvalue weighted by Crippen LogP contribution is -2.17. The van der Waals surface area contributed by atoms with Crippen molar-refractivity contribution in [2.45, 2.75) is 6.18 Å². The molecular weight excluding hydrogens is 371 g/mol. The maximum absolute atomic E-state index is 12.6. The first-order valence-electron chi connectivity index (χ1n) is 7.08. The quantitative estimate of drug-likeness (QED) is 0.719. The summed E-state index contributed by atoms with van der Waals surface area (Å²) in [5.41, 5.74) is 5.03. The Morgan fingerprint density at radius 2 is 1.85 bits per heavy atom. The normalized spacial score (nSPS) is 11.3. The summed E-state index contributed by atoms with van der Waals surface area (Å²) in [4.78, 5) is 23.9. The van der Waals surface area contributed by atoms with Crippen LogP contribution in [0.3, 0.4) is 0 Å². The first-order chi connectivity index (χ1) is 12.3. The van der Waals surface area contributed by atoms with E-state index in [1.54, 1.807) is 16.8 Å². The van der Waals surface area contributed by atoms with Crippen LogP contribution >= 0.6 is 11.3 Å². The second-order valence-corrected chi connectivity index (χ2v) is 5.92. The van der Waals surface area contributed by atoms with E-state index in [0.717, 1.165) is 24.3 Å². The number of primary amides is 1. The van der Waals surface area contributed by atoms with Crippen LogP contribution in [0.1, 0.15) is 26.3 Å². The molecule has 0 radical (unpaired) electrons. The molecule has 0 aliphatic rings. The SMILES string of the molecule is NC(=O)c1c(-c2ccsc2)noc1NC(=O)c1ccc(C(F)(F)F)cc1. The largest absolute Gasteiger partial charge is 0.416 e. The van der Waals surface area contributed by atoms with Crippen LogP contribution in [-0.2, 0) is 6.18 Å². The third-order valence-corrected chi connectivity index (χ3v) is 4.12. The average molecular weight is 381 g/mol. The molecule has 0 unspecified atom stereocenters. The third kappa shape index (κ3) is 3.45. The van der Waals surface area contributed by atoms with Gasteiger partial charge in [0.25, 0.3) is 11.8 Å². The van der Waals surface area contributed by atoms with E-state index in [2.05, 4.69) is 10.5 Å². The lowest BCUT2D eigenvalue weighted by molar-refractivity contribution is -0.137. The number of nitrogens with zero attached hydrogens (tertiary/aromatic N) is 1. The van der Waals surface area contributed by atoms with E-state index < -0.39 is 23.6 Å². The van der Waals surface area contributed by atoms with Crippen LogP contribution in [0.25, 0.3) is 11.3 Å². The Bertz CT molecular complexity index is 948. The number of benzene rings is 1. The van der Waals surface area contributed by atoms with Crippen molar-refractivity contribution in [1.29, 1.82) is 0 Å². The number of nitrogens with two attached hydrogens (primary N) is 1. The standard InChI is InChI=1S/C16H10F3N3O3S/c17-16(18,19)10-3-1-8(2-4-10)14(24)21-15-11(13(20)23)12(22-25-15)9-5-6-26-7-9/h1-7H,(H2,20,23)(H,21,24). The van der Waals surface area contributed by atoms with Gasteiger partial charge in [0.1, 0.15) is 11.3 Å². The predicted molar refractivity (Wildman–Crippen MR) is 87.7 cm³/mol. The molecule has 2 amide bonds. The molecule has 3 aromatic rings. The second kappa shape index (κ2) is 6.64. The average Bonchev–Trinajstić information content (AvgIpc) is 3.23. The molecule has 0 atom stereocenters. The minimum atomic E-state index is -4.51. The Morgan fingerprint density at radius 1 is 1.15 bits per heavy atom. The summed E-state index contributed by atoms with van der Waals surface area (Å²) >= 11 is 1.37. The number of aromatic nitrogens is 1. The fourth-order valence-electron chi connectivity index (χ4n) is 2.19. The van der Waals surface area contributed by atoms with E-state index in [4.69, 9.17) is 10.3 Å². The van der Waals surface area contributed by atoms with Gasteiger partial charge >= 0.3 is 6.18 Å². The maximum atomic E-state index is 12.6. The van der Waals surface area contributed by atoms with Gasteiger partial charge in [-0.05, 0) is 35.7 Å². The summed E-state index contributed by atoms with van der Waals surface area (Å²) in [5, 5.41) is 9.52. The topological polar surface area (TPSA) is 98.2 Å². The van der Waals surface area contributed by atoms with E-state index in [-0.39, 0.29) is 22.7 Å². The van der Waals surface area contributed by atoms with E-state index in [1.165, 1.54) is 11.3 Å². The van der Waals surface area contributed by atoms with Crippen LogP contribution in [0.2, 0.25) is 0 Å². The smallest absolute Gasteiger partial charge is 0.365 e. The molecule has 0 aliphatic heterocycles. The number of amides is 2. The summed E-state index contributed by atoms with van der Waals surface area (Å²) < 4.78 is 42.7. The Hall–Kier alpha value is -3.14. The van der Waals surface area contributed by atoms with Crippen LogP contribution in [0.4, 0.5) is 19.1 Å². The van der Waals surface area contributed by atoms with Gasteiger partial charge < -0.3 is 10.3 Å². The molecular formula is C16H10F3N3O3S. The maximum Gasteiger partial charge on any atom is 0.416 e. The highest BCUT2D eigenvalue weighted by Crippen LogP contribution is 2.31. The third-order valence-electron chi connectivity index (χ3n) is 3.43. The molecule has 0 saturated carbocycles. The van der Waals surface area contributed by atoms with Crippen LogP contribution < -0.4 is 11.1 Å². The zero-order valence-corrected chi connectivity index (χ0v) is 13.6. The number of carbonyl (C=O) groups excluding carboxylic acids is 2. The van der Waals surface area contributed by atoms with Gasteiger partial charge in [-0.25, -0.2) is 0 Å². The molecule has 0 aliphatic carbocycles. The molecule has 3 rings (SSSR count). The van der Waals surface area contributed by atoms with Crippen molar-refractivity contribution in [3.63, 3.8) is 0 Å². The molecule has 2 aromatic heterocycles. The van der Waals surface area contributed by atoms with Crippen LogP contribution in [0, 0.1) is 0 Å². The van der Waals surface area contributed by atoms with Gasteiger partial charge in [0.05, 0.1) is 5.56 Å². The number of hydrogen-bond acceptors (Lipinski definition) is 5. The van der Waals surface area contributed by atoms with Crippen molar-refractivity contribution in [2.24, 2.45) is 5.73 Å². The fraction of sp³-hybridized carbons (Fsp3) is 0.0625. The first kappa shape index (κ1) is 17.7. The van der Waals surface area contributed by atoms with E-state index in [1.807, 2.05) is 0 Å². The van der Waals surface area contributed by atoms with E-state index >= 15 is 0 Å². The lowest BCUT2D eigenvalue weighted by atomic mass is 10.1. The van der Waals surface area contributed by atoms with E-state index in [9.17, 15) is 22.8 Å². The molecule has 6 nitrogen and oxygen atoms in total. The molecule has 2 heterocycles.